The van der Waals surface area contributed by atoms with E-state index in [4.69, 9.17) is 5.73 Å². The number of aromatic nitrogens is 1. The number of alkyl halides is 3. The van der Waals surface area contributed by atoms with E-state index >= 15 is 0 Å². The molecule has 1 aromatic heterocycles. The van der Waals surface area contributed by atoms with E-state index in [-0.39, 0.29) is 35.7 Å². The van der Waals surface area contributed by atoms with E-state index in [0.717, 1.165) is 17.4 Å². The van der Waals surface area contributed by atoms with Gasteiger partial charge in [0.25, 0.3) is 0 Å². The average Bonchev–Trinajstić information content (AvgIpc) is 3.19. The maximum atomic E-state index is 12.5. The van der Waals surface area contributed by atoms with Crippen molar-refractivity contribution in [1.82, 2.24) is 9.88 Å². The maximum Gasteiger partial charge on any atom is 0.573 e. The molecule has 3 rings (SSSR count). The smallest absolute Gasteiger partial charge is 0.406 e. The predicted molar refractivity (Wildman–Crippen MR) is 93.3 cm³/mol. The zero-order chi connectivity index (χ0) is 19.6. The number of nitrogens with two attached hydrogens (primary N) is 1. The molecule has 1 saturated heterocycles. The Morgan fingerprint density at radius 2 is 2.19 bits per heavy atom. The van der Waals surface area contributed by atoms with Gasteiger partial charge in [-0.2, -0.15) is 0 Å². The Labute approximate surface area is 156 Å². The van der Waals surface area contributed by atoms with Gasteiger partial charge in [-0.1, -0.05) is 11.3 Å². The molecule has 3 N–H and O–H groups in total. The van der Waals surface area contributed by atoms with E-state index in [2.05, 4.69) is 15.0 Å². The van der Waals surface area contributed by atoms with Crippen molar-refractivity contribution < 1.29 is 27.5 Å². The highest BCUT2D eigenvalue weighted by atomic mass is 32.1. The van der Waals surface area contributed by atoms with Crippen LogP contribution in [-0.4, -0.2) is 47.2 Å². The molecule has 146 valence electrons. The molecule has 0 bridgehead atoms. The van der Waals surface area contributed by atoms with E-state index in [1.807, 2.05) is 0 Å². The Balaban J connectivity index is 1.72. The lowest BCUT2D eigenvalue weighted by Crippen LogP contribution is -2.43. The van der Waals surface area contributed by atoms with Crippen LogP contribution in [0.2, 0.25) is 0 Å². The second-order valence-electron chi connectivity index (χ2n) is 5.97. The van der Waals surface area contributed by atoms with Crippen LogP contribution < -0.4 is 15.8 Å². The molecule has 0 unspecified atom stereocenters. The van der Waals surface area contributed by atoms with Crippen LogP contribution in [0.25, 0.3) is 10.2 Å². The fraction of sp³-hybridized carbons (Fsp3) is 0.438. The highest BCUT2D eigenvalue weighted by Gasteiger charge is 2.34. The van der Waals surface area contributed by atoms with Crippen molar-refractivity contribution in [1.29, 1.82) is 0 Å². The summed E-state index contributed by atoms with van der Waals surface area (Å²) in [6.07, 6.45) is -3.35. The number of anilines is 1. The third-order valence-corrected chi connectivity index (χ3v) is 4.99. The molecule has 27 heavy (non-hydrogen) atoms. The summed E-state index contributed by atoms with van der Waals surface area (Å²) >= 11 is 1.03. The summed E-state index contributed by atoms with van der Waals surface area (Å²) in [5.74, 6) is -0.900. The van der Waals surface area contributed by atoms with Gasteiger partial charge in [-0.3, -0.25) is 9.59 Å². The molecule has 1 fully saturated rings. The number of carbonyl (C=O) groups excluding carboxylic acids is 2. The molecular weight excluding hydrogens is 385 g/mol. The van der Waals surface area contributed by atoms with Crippen LogP contribution in [0.4, 0.5) is 18.3 Å². The topological polar surface area (TPSA) is 97.6 Å². The lowest BCUT2D eigenvalue weighted by molar-refractivity contribution is -0.274. The second-order valence-corrected chi connectivity index (χ2v) is 7.00. The number of hydrogen-bond acceptors (Lipinski definition) is 6. The predicted octanol–water partition coefficient (Wildman–Crippen LogP) is 2.47. The van der Waals surface area contributed by atoms with Gasteiger partial charge in [0, 0.05) is 25.6 Å². The van der Waals surface area contributed by atoms with E-state index in [1.54, 1.807) is 0 Å². The summed E-state index contributed by atoms with van der Waals surface area (Å²) in [7, 11) is 0. The van der Waals surface area contributed by atoms with Gasteiger partial charge in [0.2, 0.25) is 11.8 Å². The van der Waals surface area contributed by atoms with E-state index in [9.17, 15) is 22.8 Å². The first-order valence-corrected chi connectivity index (χ1v) is 9.05. The van der Waals surface area contributed by atoms with Gasteiger partial charge >= 0.3 is 6.36 Å². The molecule has 2 amide bonds. The SMILES string of the molecule is NCCC(=O)N1CCC[C@H]1C(=O)Nc1nc2ccc(OC(F)(F)F)cc2s1. The number of ether oxygens (including phenoxy) is 1. The summed E-state index contributed by atoms with van der Waals surface area (Å²) in [5, 5.41) is 2.90. The number of benzene rings is 1. The number of nitrogens with zero attached hydrogens (tertiary/aromatic N) is 2. The summed E-state index contributed by atoms with van der Waals surface area (Å²) in [6.45, 7) is 0.707. The van der Waals surface area contributed by atoms with Crippen LogP contribution in [-0.2, 0) is 9.59 Å². The Hall–Kier alpha value is -2.40. The number of amides is 2. The van der Waals surface area contributed by atoms with Gasteiger partial charge in [-0.15, -0.1) is 13.2 Å². The van der Waals surface area contributed by atoms with E-state index in [0.29, 0.717) is 29.6 Å². The van der Waals surface area contributed by atoms with Gasteiger partial charge in [-0.25, -0.2) is 4.98 Å². The molecule has 0 saturated carbocycles. The largest absolute Gasteiger partial charge is 0.573 e. The fourth-order valence-corrected chi connectivity index (χ4v) is 3.85. The van der Waals surface area contributed by atoms with Gasteiger partial charge in [-0.05, 0) is 25.0 Å². The van der Waals surface area contributed by atoms with Gasteiger partial charge < -0.3 is 20.7 Å². The minimum atomic E-state index is -4.78. The third kappa shape index (κ3) is 4.66. The van der Waals surface area contributed by atoms with Crippen molar-refractivity contribution in [3.8, 4) is 5.75 Å². The monoisotopic (exact) mass is 402 g/mol. The number of fused-ring (bicyclic) bond motifs is 1. The van der Waals surface area contributed by atoms with Crippen LogP contribution in [0.5, 0.6) is 5.75 Å². The number of rotatable bonds is 5. The summed E-state index contributed by atoms with van der Waals surface area (Å²) in [4.78, 5) is 30.3. The molecule has 0 radical (unpaired) electrons. The average molecular weight is 402 g/mol. The molecular formula is C16H17F3N4O3S. The number of nitrogens with one attached hydrogen (secondary N) is 1. The summed E-state index contributed by atoms with van der Waals surface area (Å²) in [6, 6.07) is 3.16. The van der Waals surface area contributed by atoms with Crippen molar-refractivity contribution >= 4 is 38.5 Å². The summed E-state index contributed by atoms with van der Waals surface area (Å²) < 4.78 is 41.3. The molecule has 1 aliphatic rings. The van der Waals surface area contributed by atoms with Crippen molar-refractivity contribution in [3.63, 3.8) is 0 Å². The highest BCUT2D eigenvalue weighted by molar-refractivity contribution is 7.22. The number of carbonyl (C=O) groups is 2. The molecule has 0 spiro atoms. The Bertz CT molecular complexity index is 855. The van der Waals surface area contributed by atoms with Crippen molar-refractivity contribution in [3.05, 3.63) is 18.2 Å². The first-order chi connectivity index (χ1) is 12.8. The first-order valence-electron chi connectivity index (χ1n) is 8.23. The fourth-order valence-electron chi connectivity index (χ4n) is 2.95. The van der Waals surface area contributed by atoms with Crippen molar-refractivity contribution in [2.45, 2.75) is 31.7 Å². The molecule has 2 aromatic rings. The second kappa shape index (κ2) is 7.69. The van der Waals surface area contributed by atoms with Crippen LogP contribution in [0, 0.1) is 0 Å². The minimum Gasteiger partial charge on any atom is -0.406 e. The number of hydrogen-bond donors (Lipinski definition) is 2. The van der Waals surface area contributed by atoms with Crippen LogP contribution in [0.3, 0.4) is 0 Å². The summed E-state index contributed by atoms with van der Waals surface area (Å²) in [5.41, 5.74) is 5.84. The lowest BCUT2D eigenvalue weighted by Gasteiger charge is -2.23. The highest BCUT2D eigenvalue weighted by Crippen LogP contribution is 2.32. The zero-order valence-corrected chi connectivity index (χ0v) is 14.9. The van der Waals surface area contributed by atoms with E-state index < -0.39 is 12.4 Å². The number of thiazole rings is 1. The minimum absolute atomic E-state index is 0.173. The number of likely N-dealkylation sites (tertiary alicyclic amines) is 1. The molecule has 0 aliphatic carbocycles. The lowest BCUT2D eigenvalue weighted by atomic mass is 10.2. The van der Waals surface area contributed by atoms with Crippen molar-refractivity contribution in [2.24, 2.45) is 5.73 Å². The first kappa shape index (κ1) is 19.4. The molecule has 1 aromatic carbocycles. The van der Waals surface area contributed by atoms with Crippen LogP contribution in [0.1, 0.15) is 19.3 Å². The van der Waals surface area contributed by atoms with Crippen LogP contribution >= 0.6 is 11.3 Å². The molecule has 2 heterocycles. The van der Waals surface area contributed by atoms with Gasteiger partial charge in [0.1, 0.15) is 11.8 Å². The maximum absolute atomic E-state index is 12.5. The molecule has 11 heteroatoms. The quantitative estimate of drug-likeness (QED) is 0.801. The Kier molecular flexibility index (Phi) is 5.51. The zero-order valence-electron chi connectivity index (χ0n) is 14.1. The Morgan fingerprint density at radius 1 is 1.41 bits per heavy atom. The molecule has 1 atom stereocenters. The van der Waals surface area contributed by atoms with E-state index in [1.165, 1.54) is 17.0 Å². The van der Waals surface area contributed by atoms with Crippen LogP contribution in [0.15, 0.2) is 18.2 Å². The standard InChI is InChI=1S/C16H17F3N4O3S/c17-16(18,19)26-9-3-4-10-12(8-9)27-15(21-10)22-14(25)11-2-1-7-23(11)13(24)5-6-20/h3-4,8,11H,1-2,5-7,20H2,(H,21,22,25)/t11-/m0/s1. The molecule has 7 nitrogen and oxygen atoms in total. The van der Waals surface area contributed by atoms with Gasteiger partial charge in [0.15, 0.2) is 5.13 Å². The molecule has 1 aliphatic heterocycles. The van der Waals surface area contributed by atoms with Crippen molar-refractivity contribution in [2.75, 3.05) is 18.4 Å². The normalized spacial score (nSPS) is 17.3. The van der Waals surface area contributed by atoms with Gasteiger partial charge in [0.05, 0.1) is 10.2 Å². The number of halogens is 3. The Morgan fingerprint density at radius 3 is 2.89 bits per heavy atom. The third-order valence-electron chi connectivity index (χ3n) is 4.06.